The summed E-state index contributed by atoms with van der Waals surface area (Å²) in [6.45, 7) is 3.31. The van der Waals surface area contributed by atoms with Crippen molar-refractivity contribution in [3.8, 4) is 5.75 Å². The van der Waals surface area contributed by atoms with Crippen molar-refractivity contribution in [1.29, 1.82) is 0 Å². The Morgan fingerprint density at radius 2 is 2.19 bits per heavy atom. The molecule has 0 atom stereocenters. The summed E-state index contributed by atoms with van der Waals surface area (Å²) in [6, 6.07) is 4.81. The van der Waals surface area contributed by atoms with Gasteiger partial charge in [-0.05, 0) is 38.8 Å². The van der Waals surface area contributed by atoms with Gasteiger partial charge >= 0.3 is 11.7 Å². The first-order valence-electron chi connectivity index (χ1n) is 6.82. The van der Waals surface area contributed by atoms with Crippen molar-refractivity contribution in [2.24, 2.45) is 0 Å². The average Bonchev–Trinajstić information content (AvgIpc) is 3.18. The zero-order chi connectivity index (χ0) is 15.6. The first kappa shape index (κ1) is 15.1. The lowest BCUT2D eigenvalue weighted by Gasteiger charge is -2.23. The van der Waals surface area contributed by atoms with Gasteiger partial charge in [-0.1, -0.05) is 6.07 Å². The van der Waals surface area contributed by atoms with Crippen molar-refractivity contribution < 1.29 is 19.6 Å². The highest BCUT2D eigenvalue weighted by atomic mass is 16.6. The fourth-order valence-electron chi connectivity index (χ4n) is 2.22. The zero-order valence-electron chi connectivity index (χ0n) is 12.0. The molecule has 7 nitrogen and oxygen atoms in total. The van der Waals surface area contributed by atoms with Crippen LogP contribution in [0.5, 0.6) is 5.75 Å². The molecular weight excluding hydrogens is 276 g/mol. The molecule has 2 rings (SSSR count). The van der Waals surface area contributed by atoms with Gasteiger partial charge in [0.05, 0.1) is 11.0 Å². The van der Waals surface area contributed by atoms with Crippen LogP contribution in [-0.4, -0.2) is 34.7 Å². The van der Waals surface area contributed by atoms with E-state index in [1.807, 2.05) is 0 Å². The second-order valence-corrected chi connectivity index (χ2v) is 5.30. The van der Waals surface area contributed by atoms with Crippen molar-refractivity contribution in [3.05, 3.63) is 28.3 Å². The molecule has 0 spiro atoms. The molecule has 1 aliphatic rings. The standard InChI is InChI=1S/C14H18N2O5/c1-9(2)21-12-5-3-4-11(14(12)16(19)20)15(8-13(17)18)10-6-7-10/h3-5,9-10H,6-8H2,1-2H3,(H,17,18). The van der Waals surface area contributed by atoms with Crippen molar-refractivity contribution in [2.75, 3.05) is 11.4 Å². The van der Waals surface area contributed by atoms with Crippen LogP contribution in [0.4, 0.5) is 11.4 Å². The Balaban J connectivity index is 2.45. The summed E-state index contributed by atoms with van der Waals surface area (Å²) in [5.74, 6) is -0.838. The third-order valence-electron chi connectivity index (χ3n) is 3.13. The van der Waals surface area contributed by atoms with E-state index in [1.165, 1.54) is 6.07 Å². The Hall–Kier alpha value is -2.31. The van der Waals surface area contributed by atoms with Crippen molar-refractivity contribution in [3.63, 3.8) is 0 Å². The third kappa shape index (κ3) is 3.62. The fraction of sp³-hybridized carbons (Fsp3) is 0.500. The molecule has 1 aliphatic carbocycles. The molecule has 0 unspecified atom stereocenters. The van der Waals surface area contributed by atoms with Crippen molar-refractivity contribution in [2.45, 2.75) is 38.8 Å². The second kappa shape index (κ2) is 5.99. The first-order chi connectivity index (χ1) is 9.90. The summed E-state index contributed by atoms with van der Waals surface area (Å²) in [6.07, 6.45) is 1.49. The number of ether oxygens (including phenoxy) is 1. The fourth-order valence-corrected chi connectivity index (χ4v) is 2.22. The highest BCUT2D eigenvalue weighted by Crippen LogP contribution is 2.41. The number of aliphatic carboxylic acids is 1. The quantitative estimate of drug-likeness (QED) is 0.613. The first-order valence-corrected chi connectivity index (χ1v) is 6.82. The topological polar surface area (TPSA) is 92.9 Å². The molecule has 7 heteroatoms. The number of nitro benzene ring substituents is 1. The molecule has 0 saturated heterocycles. The molecule has 1 fully saturated rings. The number of carboxylic acids is 1. The minimum atomic E-state index is -1.01. The van der Waals surface area contributed by atoms with Crippen LogP contribution in [0.3, 0.4) is 0 Å². The lowest BCUT2D eigenvalue weighted by molar-refractivity contribution is -0.385. The maximum atomic E-state index is 11.4. The summed E-state index contributed by atoms with van der Waals surface area (Å²) in [5, 5.41) is 20.4. The smallest absolute Gasteiger partial charge is 0.333 e. The van der Waals surface area contributed by atoms with Gasteiger partial charge in [0.25, 0.3) is 0 Å². The summed E-state index contributed by atoms with van der Waals surface area (Å²) in [5.41, 5.74) is 0.141. The summed E-state index contributed by atoms with van der Waals surface area (Å²) in [4.78, 5) is 23.5. The Bertz CT molecular complexity index is 554. The third-order valence-corrected chi connectivity index (χ3v) is 3.13. The number of hydrogen-bond acceptors (Lipinski definition) is 5. The van der Waals surface area contributed by atoms with Crippen LogP contribution < -0.4 is 9.64 Å². The van der Waals surface area contributed by atoms with Crippen LogP contribution in [0.15, 0.2) is 18.2 Å². The van der Waals surface area contributed by atoms with E-state index < -0.39 is 10.9 Å². The molecule has 1 N–H and O–H groups in total. The summed E-state index contributed by atoms with van der Waals surface area (Å²) < 4.78 is 5.49. The normalized spacial score (nSPS) is 14.0. The van der Waals surface area contributed by atoms with Gasteiger partial charge in [-0.3, -0.25) is 14.9 Å². The number of rotatable bonds is 7. The van der Waals surface area contributed by atoms with Gasteiger partial charge in [0.1, 0.15) is 12.2 Å². The summed E-state index contributed by atoms with van der Waals surface area (Å²) >= 11 is 0. The van der Waals surface area contributed by atoms with Gasteiger partial charge in [0, 0.05) is 6.04 Å². The highest BCUT2D eigenvalue weighted by Gasteiger charge is 2.35. The van der Waals surface area contributed by atoms with Crippen LogP contribution >= 0.6 is 0 Å². The predicted molar refractivity (Wildman–Crippen MR) is 76.9 cm³/mol. The predicted octanol–water partition coefficient (Wildman–Crippen LogP) is 2.44. The number of benzene rings is 1. The zero-order valence-corrected chi connectivity index (χ0v) is 12.0. The van der Waals surface area contributed by atoms with E-state index in [0.29, 0.717) is 5.69 Å². The number of carbonyl (C=O) groups is 1. The molecule has 1 aromatic rings. The number of nitrogens with zero attached hydrogens (tertiary/aromatic N) is 2. The minimum Gasteiger partial charge on any atom is -0.484 e. The van der Waals surface area contributed by atoms with Crippen molar-refractivity contribution >= 4 is 17.3 Å². The van der Waals surface area contributed by atoms with E-state index in [2.05, 4.69) is 0 Å². The SMILES string of the molecule is CC(C)Oc1cccc(N(CC(=O)O)C2CC2)c1[N+](=O)[O-]. The van der Waals surface area contributed by atoms with Gasteiger partial charge in [-0.25, -0.2) is 0 Å². The van der Waals surface area contributed by atoms with E-state index in [4.69, 9.17) is 9.84 Å². The molecule has 0 aromatic heterocycles. The van der Waals surface area contributed by atoms with Gasteiger partial charge in [-0.2, -0.15) is 0 Å². The van der Waals surface area contributed by atoms with E-state index in [0.717, 1.165) is 12.8 Å². The number of nitro groups is 1. The minimum absolute atomic E-state index is 0.0501. The van der Waals surface area contributed by atoms with Crippen LogP contribution in [-0.2, 0) is 4.79 Å². The van der Waals surface area contributed by atoms with Crippen LogP contribution in [0, 0.1) is 10.1 Å². The Morgan fingerprint density at radius 3 is 2.67 bits per heavy atom. The maximum absolute atomic E-state index is 11.4. The lowest BCUT2D eigenvalue weighted by Crippen LogP contribution is -2.32. The molecule has 0 radical (unpaired) electrons. The van der Waals surface area contributed by atoms with Gasteiger partial charge in [0.15, 0.2) is 5.75 Å². The molecule has 0 amide bonds. The Labute approximate surface area is 122 Å². The Kier molecular flexibility index (Phi) is 4.30. The Morgan fingerprint density at radius 1 is 1.52 bits per heavy atom. The maximum Gasteiger partial charge on any atom is 0.333 e. The van der Waals surface area contributed by atoms with Crippen LogP contribution in [0.25, 0.3) is 0 Å². The highest BCUT2D eigenvalue weighted by molar-refractivity contribution is 5.78. The lowest BCUT2D eigenvalue weighted by atomic mass is 10.2. The molecule has 1 saturated carbocycles. The second-order valence-electron chi connectivity index (χ2n) is 5.30. The number of para-hydroxylation sites is 1. The van der Waals surface area contributed by atoms with E-state index in [1.54, 1.807) is 30.9 Å². The number of carboxylic acid groups (broad SMARTS) is 1. The van der Waals surface area contributed by atoms with E-state index in [9.17, 15) is 14.9 Å². The molecule has 114 valence electrons. The molecule has 0 heterocycles. The van der Waals surface area contributed by atoms with Gasteiger partial charge in [-0.15, -0.1) is 0 Å². The van der Waals surface area contributed by atoms with Crippen molar-refractivity contribution in [1.82, 2.24) is 0 Å². The van der Waals surface area contributed by atoms with Crippen LogP contribution in [0.1, 0.15) is 26.7 Å². The average molecular weight is 294 g/mol. The van der Waals surface area contributed by atoms with Gasteiger partial charge in [0.2, 0.25) is 0 Å². The summed E-state index contributed by atoms with van der Waals surface area (Å²) in [7, 11) is 0. The molecule has 0 aliphatic heterocycles. The van der Waals surface area contributed by atoms with Gasteiger partial charge < -0.3 is 14.7 Å². The molecule has 1 aromatic carbocycles. The number of anilines is 1. The van der Waals surface area contributed by atoms with Crippen LogP contribution in [0.2, 0.25) is 0 Å². The molecule has 21 heavy (non-hydrogen) atoms. The molecular formula is C14H18N2O5. The largest absolute Gasteiger partial charge is 0.484 e. The number of hydrogen-bond donors (Lipinski definition) is 1. The van der Waals surface area contributed by atoms with E-state index >= 15 is 0 Å². The monoisotopic (exact) mass is 294 g/mol. The molecule has 0 bridgehead atoms. The van der Waals surface area contributed by atoms with E-state index in [-0.39, 0.29) is 30.1 Å².